The van der Waals surface area contributed by atoms with Crippen LogP contribution in [0, 0.1) is 11.7 Å². The Kier molecular flexibility index (Phi) is 5.65. The summed E-state index contributed by atoms with van der Waals surface area (Å²) < 4.78 is 44.7. The van der Waals surface area contributed by atoms with Gasteiger partial charge in [0.25, 0.3) is 0 Å². The average molecular weight is 351 g/mol. The predicted molar refractivity (Wildman–Crippen MR) is 84.4 cm³/mol. The number of nitrogens with zero attached hydrogens (tertiary/aromatic N) is 1. The van der Waals surface area contributed by atoms with Crippen molar-refractivity contribution in [3.05, 3.63) is 30.1 Å². The Bertz CT molecular complexity index is 602. The van der Waals surface area contributed by atoms with Gasteiger partial charge in [-0.25, -0.2) is 12.8 Å². The first-order chi connectivity index (χ1) is 10.1. The van der Waals surface area contributed by atoms with Crippen LogP contribution >= 0.6 is 12.4 Å². The molecule has 1 N–H and O–H groups in total. The van der Waals surface area contributed by atoms with Gasteiger partial charge in [0.1, 0.15) is 6.61 Å². The van der Waals surface area contributed by atoms with E-state index in [9.17, 15) is 12.8 Å². The van der Waals surface area contributed by atoms with E-state index in [4.69, 9.17) is 4.74 Å². The summed E-state index contributed by atoms with van der Waals surface area (Å²) >= 11 is 0. The van der Waals surface area contributed by atoms with Crippen LogP contribution < -0.4 is 10.1 Å². The fourth-order valence-corrected chi connectivity index (χ4v) is 4.34. The zero-order valence-electron chi connectivity index (χ0n) is 12.1. The minimum atomic E-state index is -3.34. The smallest absolute Gasteiger partial charge is 0.217 e. The molecule has 22 heavy (non-hydrogen) atoms. The van der Waals surface area contributed by atoms with Gasteiger partial charge in [0.2, 0.25) is 10.0 Å². The van der Waals surface area contributed by atoms with Crippen LogP contribution in [0.2, 0.25) is 0 Å². The summed E-state index contributed by atoms with van der Waals surface area (Å²) in [7, 11) is -3.34. The fourth-order valence-electron chi connectivity index (χ4n) is 2.98. The highest BCUT2D eigenvalue weighted by molar-refractivity contribution is 7.89. The summed E-state index contributed by atoms with van der Waals surface area (Å²) in [5, 5.41) is 3.32. The van der Waals surface area contributed by atoms with Crippen LogP contribution in [0.4, 0.5) is 4.39 Å². The normalized spacial score (nSPS) is 24.8. The maximum absolute atomic E-state index is 13.4. The molecule has 1 aromatic carbocycles. The zero-order chi connectivity index (χ0) is 14.9. The van der Waals surface area contributed by atoms with Crippen LogP contribution in [0.1, 0.15) is 6.42 Å². The highest BCUT2D eigenvalue weighted by Gasteiger charge is 2.40. The van der Waals surface area contributed by atoms with Gasteiger partial charge >= 0.3 is 0 Å². The summed E-state index contributed by atoms with van der Waals surface area (Å²) in [6.45, 7) is 2.05. The molecule has 1 aromatic rings. The summed E-state index contributed by atoms with van der Waals surface area (Å²) in [6, 6.07) is 6.28. The Morgan fingerprint density at radius 3 is 2.82 bits per heavy atom. The molecule has 2 aliphatic heterocycles. The van der Waals surface area contributed by atoms with Crippen molar-refractivity contribution in [1.82, 2.24) is 9.62 Å². The average Bonchev–Trinajstić information content (AvgIpc) is 3.02. The Morgan fingerprint density at radius 1 is 1.32 bits per heavy atom. The lowest BCUT2D eigenvalue weighted by Gasteiger charge is -2.17. The van der Waals surface area contributed by atoms with E-state index in [0.717, 1.165) is 13.0 Å². The van der Waals surface area contributed by atoms with E-state index in [-0.39, 0.29) is 36.6 Å². The van der Waals surface area contributed by atoms with Crippen molar-refractivity contribution in [3.8, 4) is 5.75 Å². The molecule has 2 aliphatic rings. The lowest BCUT2D eigenvalue weighted by Crippen LogP contribution is -2.36. The van der Waals surface area contributed by atoms with Crippen molar-refractivity contribution >= 4 is 22.4 Å². The number of nitrogens with one attached hydrogen (secondary N) is 1. The first kappa shape index (κ1) is 17.5. The second-order valence-electron chi connectivity index (χ2n) is 5.52. The van der Waals surface area contributed by atoms with Crippen molar-refractivity contribution in [3.63, 3.8) is 0 Å². The van der Waals surface area contributed by atoms with Gasteiger partial charge in [-0.2, -0.15) is 4.31 Å². The van der Waals surface area contributed by atoms with Crippen LogP contribution in [0.5, 0.6) is 5.75 Å². The van der Waals surface area contributed by atoms with Crippen LogP contribution in [0.25, 0.3) is 0 Å². The molecule has 0 radical (unpaired) electrons. The molecule has 2 fully saturated rings. The van der Waals surface area contributed by atoms with Gasteiger partial charge in [0, 0.05) is 19.1 Å². The SMILES string of the molecule is Cl.O=S(=O)(CCOc1ccccc1F)N1C[C@@H]2CCN[C@@H]2C1. The molecule has 3 rings (SSSR count). The molecule has 0 unspecified atom stereocenters. The number of fused-ring (bicyclic) bond motifs is 1. The number of hydrogen-bond acceptors (Lipinski definition) is 4. The molecule has 5 nitrogen and oxygen atoms in total. The first-order valence-corrected chi connectivity index (χ1v) is 8.76. The number of ether oxygens (including phenoxy) is 1. The van der Waals surface area contributed by atoms with Crippen molar-refractivity contribution in [1.29, 1.82) is 0 Å². The second kappa shape index (κ2) is 7.12. The standard InChI is InChI=1S/C14H19FN2O3S.ClH/c15-12-3-1-2-4-14(12)20-7-8-21(18,19)17-9-11-5-6-16-13(11)10-17;/h1-4,11,13,16H,5-10H2;1H/t11-,13+;/m0./s1. The van der Waals surface area contributed by atoms with Gasteiger partial charge in [-0.1, -0.05) is 12.1 Å². The third kappa shape index (κ3) is 3.71. The Balaban J connectivity index is 0.00000176. The van der Waals surface area contributed by atoms with E-state index >= 15 is 0 Å². The van der Waals surface area contributed by atoms with Crippen LogP contribution in [0.3, 0.4) is 0 Å². The minimum absolute atomic E-state index is 0. The van der Waals surface area contributed by atoms with E-state index in [0.29, 0.717) is 19.0 Å². The molecule has 0 amide bonds. The first-order valence-electron chi connectivity index (χ1n) is 7.15. The number of sulfonamides is 1. The van der Waals surface area contributed by atoms with Crippen molar-refractivity contribution < 1.29 is 17.5 Å². The minimum Gasteiger partial charge on any atom is -0.489 e. The predicted octanol–water partition coefficient (Wildman–Crippen LogP) is 1.25. The molecular weight excluding hydrogens is 331 g/mol. The molecule has 0 bridgehead atoms. The molecule has 2 saturated heterocycles. The third-order valence-corrected chi connectivity index (χ3v) is 5.93. The molecule has 0 aromatic heterocycles. The Morgan fingerprint density at radius 2 is 2.09 bits per heavy atom. The fraction of sp³-hybridized carbons (Fsp3) is 0.571. The number of halogens is 2. The Hall–Kier alpha value is -0.890. The van der Waals surface area contributed by atoms with E-state index < -0.39 is 15.8 Å². The van der Waals surface area contributed by atoms with E-state index in [1.807, 2.05) is 0 Å². The van der Waals surface area contributed by atoms with E-state index in [1.165, 1.54) is 16.4 Å². The van der Waals surface area contributed by atoms with Crippen LogP contribution in [-0.2, 0) is 10.0 Å². The summed E-state index contributed by atoms with van der Waals surface area (Å²) in [4.78, 5) is 0. The van der Waals surface area contributed by atoms with E-state index in [2.05, 4.69) is 5.32 Å². The van der Waals surface area contributed by atoms with Gasteiger partial charge in [0.05, 0.1) is 5.75 Å². The topological polar surface area (TPSA) is 58.6 Å². The van der Waals surface area contributed by atoms with Gasteiger partial charge in [-0.3, -0.25) is 0 Å². The molecule has 0 saturated carbocycles. The van der Waals surface area contributed by atoms with Crippen molar-refractivity contribution in [2.45, 2.75) is 12.5 Å². The lowest BCUT2D eigenvalue weighted by atomic mass is 10.1. The quantitative estimate of drug-likeness (QED) is 0.868. The third-order valence-electron chi connectivity index (χ3n) is 4.16. The van der Waals surface area contributed by atoms with E-state index in [1.54, 1.807) is 12.1 Å². The summed E-state index contributed by atoms with van der Waals surface area (Å²) in [5.74, 6) is -0.0875. The molecule has 0 spiro atoms. The second-order valence-corrected chi connectivity index (χ2v) is 7.61. The maximum Gasteiger partial charge on any atom is 0.217 e. The molecule has 8 heteroatoms. The number of hydrogen-bond donors (Lipinski definition) is 1. The van der Waals surface area contributed by atoms with Gasteiger partial charge in [-0.15, -0.1) is 12.4 Å². The largest absolute Gasteiger partial charge is 0.489 e. The van der Waals surface area contributed by atoms with Gasteiger partial charge in [0.15, 0.2) is 11.6 Å². The Labute approximate surface area is 136 Å². The summed E-state index contributed by atoms with van der Waals surface area (Å²) in [5.41, 5.74) is 0. The van der Waals surface area contributed by atoms with Crippen molar-refractivity contribution in [2.24, 2.45) is 5.92 Å². The van der Waals surface area contributed by atoms with Crippen molar-refractivity contribution in [2.75, 3.05) is 32.0 Å². The van der Waals surface area contributed by atoms with Crippen LogP contribution in [0.15, 0.2) is 24.3 Å². The van der Waals surface area contributed by atoms with Gasteiger partial charge in [-0.05, 0) is 31.0 Å². The van der Waals surface area contributed by atoms with Gasteiger partial charge < -0.3 is 10.1 Å². The monoisotopic (exact) mass is 350 g/mol. The summed E-state index contributed by atoms with van der Waals surface area (Å²) in [6.07, 6.45) is 1.03. The lowest BCUT2D eigenvalue weighted by molar-refractivity contribution is 0.318. The maximum atomic E-state index is 13.4. The number of rotatable bonds is 5. The molecule has 2 heterocycles. The molecular formula is C14H20ClFN2O3S. The number of benzene rings is 1. The van der Waals surface area contributed by atoms with Crippen LogP contribution in [-0.4, -0.2) is 50.8 Å². The molecule has 2 atom stereocenters. The highest BCUT2D eigenvalue weighted by atomic mass is 35.5. The highest BCUT2D eigenvalue weighted by Crippen LogP contribution is 2.26. The zero-order valence-corrected chi connectivity index (χ0v) is 13.7. The molecule has 0 aliphatic carbocycles. The number of para-hydroxylation sites is 1. The molecule has 124 valence electrons.